The highest BCUT2D eigenvalue weighted by Gasteiger charge is 2.16. The fourth-order valence-electron chi connectivity index (χ4n) is 1.65. The largest absolute Gasteiger partial charge is 0.294 e. The molecule has 0 bridgehead atoms. The molecule has 0 fully saturated rings. The van der Waals surface area contributed by atoms with Gasteiger partial charge in [0.15, 0.2) is 0 Å². The Morgan fingerprint density at radius 1 is 0.905 bits per heavy atom. The summed E-state index contributed by atoms with van der Waals surface area (Å²) in [6.45, 7) is 1.83. The van der Waals surface area contributed by atoms with Crippen molar-refractivity contribution in [1.82, 2.24) is 0 Å². The van der Waals surface area contributed by atoms with Crippen molar-refractivity contribution in [3.05, 3.63) is 54.1 Å². The van der Waals surface area contributed by atoms with Gasteiger partial charge in [-0.2, -0.15) is 8.42 Å². The molecule has 0 saturated heterocycles. The zero-order valence-corrected chi connectivity index (χ0v) is 12.6. The van der Waals surface area contributed by atoms with Gasteiger partial charge in [0.2, 0.25) is 0 Å². The number of sulfonamides is 1. The summed E-state index contributed by atoms with van der Waals surface area (Å²) in [5.74, 6) is 0. The molecule has 0 aromatic heterocycles. The van der Waals surface area contributed by atoms with Gasteiger partial charge in [0.05, 0.1) is 15.5 Å². The van der Waals surface area contributed by atoms with E-state index < -0.39 is 20.1 Å². The van der Waals surface area contributed by atoms with E-state index in [1.807, 2.05) is 6.92 Å². The minimum Gasteiger partial charge on any atom is -0.282 e. The molecule has 2 aromatic carbocycles. The third kappa shape index (κ3) is 3.81. The zero-order valence-electron chi connectivity index (χ0n) is 11.0. The third-order valence-electron chi connectivity index (χ3n) is 2.72. The normalized spacial score (nSPS) is 12.1. The van der Waals surface area contributed by atoms with E-state index in [-0.39, 0.29) is 15.5 Å². The molecule has 8 heteroatoms. The smallest absolute Gasteiger partial charge is 0.282 e. The predicted molar refractivity (Wildman–Crippen MR) is 78.2 cm³/mol. The van der Waals surface area contributed by atoms with Crippen LogP contribution in [0.2, 0.25) is 0 Å². The topological polar surface area (TPSA) is 101 Å². The molecule has 0 spiro atoms. The van der Waals surface area contributed by atoms with Crippen molar-refractivity contribution in [2.45, 2.75) is 16.7 Å². The summed E-state index contributed by atoms with van der Waals surface area (Å²) >= 11 is 0. The van der Waals surface area contributed by atoms with Gasteiger partial charge in [-0.3, -0.25) is 9.27 Å². The van der Waals surface area contributed by atoms with E-state index in [0.29, 0.717) is 0 Å². The minimum atomic E-state index is -4.39. The van der Waals surface area contributed by atoms with Gasteiger partial charge in [-0.15, -0.1) is 0 Å². The molecule has 0 amide bonds. The molecule has 2 rings (SSSR count). The Labute approximate surface area is 123 Å². The molecule has 21 heavy (non-hydrogen) atoms. The van der Waals surface area contributed by atoms with Crippen LogP contribution in [0.3, 0.4) is 0 Å². The van der Waals surface area contributed by atoms with Crippen LogP contribution < -0.4 is 4.72 Å². The highest BCUT2D eigenvalue weighted by molar-refractivity contribution is 7.92. The van der Waals surface area contributed by atoms with Crippen molar-refractivity contribution < 1.29 is 21.4 Å². The van der Waals surface area contributed by atoms with Crippen LogP contribution in [0.5, 0.6) is 0 Å². The van der Waals surface area contributed by atoms with Crippen LogP contribution in [0.15, 0.2) is 58.3 Å². The number of hydrogen-bond donors (Lipinski definition) is 2. The highest BCUT2D eigenvalue weighted by Crippen LogP contribution is 2.19. The number of hydrogen-bond acceptors (Lipinski definition) is 4. The highest BCUT2D eigenvalue weighted by atomic mass is 32.2. The molecule has 0 aliphatic carbocycles. The average molecular weight is 327 g/mol. The summed E-state index contributed by atoms with van der Waals surface area (Å²) in [4.78, 5) is -0.322. The van der Waals surface area contributed by atoms with E-state index >= 15 is 0 Å². The molecule has 6 nitrogen and oxygen atoms in total. The second-order valence-electron chi connectivity index (χ2n) is 4.42. The van der Waals surface area contributed by atoms with Gasteiger partial charge in [0, 0.05) is 0 Å². The molecule has 0 heterocycles. The van der Waals surface area contributed by atoms with Crippen LogP contribution >= 0.6 is 0 Å². The Morgan fingerprint density at radius 2 is 1.52 bits per heavy atom. The van der Waals surface area contributed by atoms with Gasteiger partial charge in [-0.05, 0) is 37.3 Å². The SMILES string of the molecule is Cc1ccc(S(=O)(=O)Nc2cccc(S(=O)(=O)O)c2)cc1. The van der Waals surface area contributed by atoms with Crippen LogP contribution in [0, 0.1) is 6.92 Å². The summed E-state index contributed by atoms with van der Waals surface area (Å²) in [6.07, 6.45) is 0. The average Bonchev–Trinajstić information content (AvgIpc) is 2.38. The van der Waals surface area contributed by atoms with Crippen molar-refractivity contribution in [2.75, 3.05) is 4.72 Å². The van der Waals surface area contributed by atoms with Gasteiger partial charge in [-0.25, -0.2) is 8.42 Å². The molecule has 0 atom stereocenters. The van der Waals surface area contributed by atoms with Crippen molar-refractivity contribution in [1.29, 1.82) is 0 Å². The molecular formula is C13H13NO5S2. The lowest BCUT2D eigenvalue weighted by atomic mass is 10.2. The summed E-state index contributed by atoms with van der Waals surface area (Å²) < 4.78 is 57.6. The van der Waals surface area contributed by atoms with E-state index in [9.17, 15) is 16.8 Å². The van der Waals surface area contributed by atoms with Crippen molar-refractivity contribution >= 4 is 25.8 Å². The number of nitrogens with one attached hydrogen (secondary N) is 1. The molecule has 0 saturated carbocycles. The van der Waals surface area contributed by atoms with Crippen LogP contribution in [0.4, 0.5) is 5.69 Å². The van der Waals surface area contributed by atoms with Crippen molar-refractivity contribution in [2.24, 2.45) is 0 Å². The van der Waals surface area contributed by atoms with Gasteiger partial charge >= 0.3 is 0 Å². The van der Waals surface area contributed by atoms with E-state index in [2.05, 4.69) is 4.72 Å². The Hall–Kier alpha value is -1.90. The summed E-state index contributed by atoms with van der Waals surface area (Å²) in [7, 11) is -8.20. The lowest BCUT2D eigenvalue weighted by molar-refractivity contribution is 0.483. The van der Waals surface area contributed by atoms with Gasteiger partial charge in [-0.1, -0.05) is 23.8 Å². The maximum atomic E-state index is 12.2. The second-order valence-corrected chi connectivity index (χ2v) is 7.53. The van der Waals surface area contributed by atoms with Crippen LogP contribution in [0.25, 0.3) is 0 Å². The molecule has 2 N–H and O–H groups in total. The zero-order chi connectivity index (χ0) is 15.7. The molecule has 0 aliphatic heterocycles. The lowest BCUT2D eigenvalue weighted by Gasteiger charge is -2.09. The Morgan fingerprint density at radius 3 is 2.10 bits per heavy atom. The maximum absolute atomic E-state index is 12.2. The minimum absolute atomic E-state index is 0.0469. The quantitative estimate of drug-likeness (QED) is 0.837. The number of anilines is 1. The molecule has 0 aliphatic rings. The Kier molecular flexibility index (Phi) is 4.04. The summed E-state index contributed by atoms with van der Waals surface area (Å²) in [5, 5.41) is 0. The number of benzene rings is 2. The van der Waals surface area contributed by atoms with Crippen LogP contribution in [-0.4, -0.2) is 21.4 Å². The van der Waals surface area contributed by atoms with Crippen LogP contribution in [0.1, 0.15) is 5.56 Å². The van der Waals surface area contributed by atoms with Crippen molar-refractivity contribution in [3.8, 4) is 0 Å². The molecule has 0 radical (unpaired) electrons. The number of rotatable bonds is 4. The molecule has 2 aromatic rings. The van der Waals surface area contributed by atoms with Gasteiger partial charge < -0.3 is 0 Å². The molecule has 112 valence electrons. The first-order valence-electron chi connectivity index (χ1n) is 5.85. The first-order valence-corrected chi connectivity index (χ1v) is 8.78. The Bertz CT molecular complexity index is 856. The molecule has 0 unspecified atom stereocenters. The summed E-state index contributed by atoms with van der Waals surface area (Å²) in [6, 6.07) is 11.1. The van der Waals surface area contributed by atoms with Gasteiger partial charge in [0.25, 0.3) is 20.1 Å². The monoisotopic (exact) mass is 327 g/mol. The van der Waals surface area contributed by atoms with Crippen molar-refractivity contribution in [3.63, 3.8) is 0 Å². The van der Waals surface area contributed by atoms with Gasteiger partial charge in [0.1, 0.15) is 0 Å². The lowest BCUT2D eigenvalue weighted by Crippen LogP contribution is -2.13. The first-order chi connectivity index (χ1) is 9.68. The standard InChI is InChI=1S/C13H13NO5S2/c1-10-5-7-12(8-6-10)20(15,16)14-11-3-2-4-13(9-11)21(17,18)19/h2-9,14H,1H3,(H,17,18,19). The molecular weight excluding hydrogens is 314 g/mol. The first kappa shape index (κ1) is 15.5. The van der Waals surface area contributed by atoms with Crippen LogP contribution in [-0.2, 0) is 20.1 Å². The Balaban J connectivity index is 2.35. The van der Waals surface area contributed by atoms with E-state index in [4.69, 9.17) is 4.55 Å². The predicted octanol–water partition coefficient (Wildman–Crippen LogP) is 2.04. The third-order valence-corrected chi connectivity index (χ3v) is 4.96. The van der Waals surface area contributed by atoms with E-state index in [1.54, 1.807) is 12.1 Å². The number of aryl methyl sites for hydroxylation is 1. The fraction of sp³-hybridized carbons (Fsp3) is 0.0769. The summed E-state index contributed by atoms with van der Waals surface area (Å²) in [5.41, 5.74) is 0.966. The second kappa shape index (κ2) is 5.47. The fourth-order valence-corrected chi connectivity index (χ4v) is 3.23. The van der Waals surface area contributed by atoms with E-state index in [1.165, 1.54) is 30.3 Å². The maximum Gasteiger partial charge on any atom is 0.294 e. The van der Waals surface area contributed by atoms with E-state index in [0.717, 1.165) is 11.6 Å².